The zero-order chi connectivity index (χ0) is 18.4. The summed E-state index contributed by atoms with van der Waals surface area (Å²) < 4.78 is 5.05. The lowest BCUT2D eigenvalue weighted by molar-refractivity contribution is -0.385. The van der Waals surface area contributed by atoms with Crippen LogP contribution >= 0.6 is 0 Å². The topological polar surface area (TPSA) is 98.5 Å². The van der Waals surface area contributed by atoms with Crippen LogP contribution < -0.4 is 5.32 Å². The monoisotopic (exact) mass is 342 g/mol. The second kappa shape index (κ2) is 8.05. The summed E-state index contributed by atoms with van der Waals surface area (Å²) in [6.07, 6.45) is 0.717. The van der Waals surface area contributed by atoms with Gasteiger partial charge < -0.3 is 10.1 Å². The molecule has 2 aromatic rings. The van der Waals surface area contributed by atoms with E-state index < -0.39 is 16.8 Å². The van der Waals surface area contributed by atoms with Gasteiger partial charge in [-0.1, -0.05) is 19.1 Å². The van der Waals surface area contributed by atoms with Gasteiger partial charge in [0.1, 0.15) is 0 Å². The Kier molecular flexibility index (Phi) is 5.84. The fourth-order valence-corrected chi connectivity index (χ4v) is 2.15. The lowest BCUT2D eigenvalue weighted by Crippen LogP contribution is -2.13. The maximum atomic E-state index is 12.3. The van der Waals surface area contributed by atoms with Crippen LogP contribution in [0, 0.1) is 17.0 Å². The fraction of sp³-hybridized carbons (Fsp3) is 0.222. The second-order valence-electron chi connectivity index (χ2n) is 5.43. The van der Waals surface area contributed by atoms with Gasteiger partial charge in [0.05, 0.1) is 17.1 Å². The van der Waals surface area contributed by atoms with Gasteiger partial charge >= 0.3 is 5.97 Å². The third kappa shape index (κ3) is 4.63. The van der Waals surface area contributed by atoms with Crippen molar-refractivity contribution in [2.24, 2.45) is 0 Å². The van der Waals surface area contributed by atoms with Crippen molar-refractivity contribution in [2.75, 3.05) is 11.9 Å². The molecule has 0 radical (unpaired) electrons. The van der Waals surface area contributed by atoms with E-state index in [1.54, 1.807) is 25.1 Å². The number of nitro groups is 1. The summed E-state index contributed by atoms with van der Waals surface area (Å²) in [7, 11) is 0. The van der Waals surface area contributed by atoms with Crippen LogP contribution in [0.25, 0.3) is 0 Å². The minimum absolute atomic E-state index is 0.121. The summed E-state index contributed by atoms with van der Waals surface area (Å²) in [4.78, 5) is 34.6. The summed E-state index contributed by atoms with van der Waals surface area (Å²) >= 11 is 0. The maximum absolute atomic E-state index is 12.3. The molecule has 0 aliphatic rings. The van der Waals surface area contributed by atoms with Crippen LogP contribution in [-0.2, 0) is 4.74 Å². The van der Waals surface area contributed by atoms with Crippen LogP contribution in [0.4, 0.5) is 11.4 Å². The first kappa shape index (κ1) is 18.1. The van der Waals surface area contributed by atoms with Gasteiger partial charge in [0.15, 0.2) is 0 Å². The van der Waals surface area contributed by atoms with E-state index in [1.807, 2.05) is 6.92 Å². The van der Waals surface area contributed by atoms with Gasteiger partial charge in [0.2, 0.25) is 0 Å². The van der Waals surface area contributed by atoms with Crippen LogP contribution in [-0.4, -0.2) is 23.4 Å². The molecule has 0 aliphatic heterocycles. The number of carbonyl (C=O) groups excluding carboxylic acids is 2. The van der Waals surface area contributed by atoms with Crippen molar-refractivity contribution in [1.82, 2.24) is 0 Å². The van der Waals surface area contributed by atoms with Crippen molar-refractivity contribution in [3.05, 3.63) is 69.3 Å². The molecule has 130 valence electrons. The highest BCUT2D eigenvalue weighted by Gasteiger charge is 2.15. The Hall–Kier alpha value is -3.22. The predicted octanol–water partition coefficient (Wildman–Crippen LogP) is 3.72. The first-order valence-electron chi connectivity index (χ1n) is 7.76. The Balaban J connectivity index is 2.17. The molecule has 7 nitrogen and oxygen atoms in total. The fourth-order valence-electron chi connectivity index (χ4n) is 2.15. The predicted molar refractivity (Wildman–Crippen MR) is 92.8 cm³/mol. The quantitative estimate of drug-likeness (QED) is 0.490. The van der Waals surface area contributed by atoms with Gasteiger partial charge in [0.25, 0.3) is 11.6 Å². The summed E-state index contributed by atoms with van der Waals surface area (Å²) in [5.41, 5.74) is 1.24. The van der Waals surface area contributed by atoms with Gasteiger partial charge in [-0.3, -0.25) is 14.9 Å². The van der Waals surface area contributed by atoms with E-state index in [2.05, 4.69) is 5.32 Å². The molecule has 1 amide bonds. The number of anilines is 1. The Bertz CT molecular complexity index is 817. The van der Waals surface area contributed by atoms with Crippen LogP contribution in [0.3, 0.4) is 0 Å². The van der Waals surface area contributed by atoms with E-state index in [0.29, 0.717) is 29.8 Å². The second-order valence-corrected chi connectivity index (χ2v) is 5.43. The lowest BCUT2D eigenvalue weighted by atomic mass is 10.1. The summed E-state index contributed by atoms with van der Waals surface area (Å²) in [6, 6.07) is 10.6. The van der Waals surface area contributed by atoms with Crippen molar-refractivity contribution in [1.29, 1.82) is 0 Å². The summed E-state index contributed by atoms with van der Waals surface area (Å²) in [5, 5.41) is 13.6. The number of nitrogens with one attached hydrogen (secondary N) is 1. The van der Waals surface area contributed by atoms with E-state index in [0.717, 1.165) is 0 Å². The Labute approximate surface area is 144 Å². The van der Waals surface area contributed by atoms with Crippen LogP contribution in [0.5, 0.6) is 0 Å². The lowest BCUT2D eigenvalue weighted by Gasteiger charge is -2.08. The molecule has 1 N–H and O–H groups in total. The van der Waals surface area contributed by atoms with Crippen LogP contribution in [0.2, 0.25) is 0 Å². The van der Waals surface area contributed by atoms with Crippen LogP contribution in [0.1, 0.15) is 39.6 Å². The highest BCUT2D eigenvalue weighted by Crippen LogP contribution is 2.20. The van der Waals surface area contributed by atoms with Gasteiger partial charge in [0, 0.05) is 22.9 Å². The first-order valence-corrected chi connectivity index (χ1v) is 7.76. The number of hydrogen-bond acceptors (Lipinski definition) is 5. The number of hydrogen-bond donors (Lipinski definition) is 1. The molecular weight excluding hydrogens is 324 g/mol. The SMILES string of the molecule is CCCOC(=O)c1cccc(NC(=O)c2ccc(C)c([N+](=O)[O-])c2)c1. The molecule has 0 atom stereocenters. The Morgan fingerprint density at radius 3 is 2.60 bits per heavy atom. The number of carbonyl (C=O) groups is 2. The number of nitrogens with zero attached hydrogens (tertiary/aromatic N) is 1. The molecule has 2 aromatic carbocycles. The molecule has 0 bridgehead atoms. The largest absolute Gasteiger partial charge is 0.462 e. The van der Waals surface area contributed by atoms with Crippen molar-refractivity contribution in [3.63, 3.8) is 0 Å². The van der Waals surface area contributed by atoms with Crippen molar-refractivity contribution in [2.45, 2.75) is 20.3 Å². The van der Waals surface area contributed by atoms with Crippen LogP contribution in [0.15, 0.2) is 42.5 Å². The molecule has 0 aliphatic carbocycles. The van der Waals surface area contributed by atoms with Crippen molar-refractivity contribution in [3.8, 4) is 0 Å². The highest BCUT2D eigenvalue weighted by atomic mass is 16.6. The third-order valence-electron chi connectivity index (χ3n) is 3.46. The Morgan fingerprint density at radius 2 is 1.92 bits per heavy atom. The van der Waals surface area contributed by atoms with E-state index in [-0.39, 0.29) is 11.3 Å². The van der Waals surface area contributed by atoms with Crippen molar-refractivity contribution < 1.29 is 19.2 Å². The minimum Gasteiger partial charge on any atom is -0.462 e. The van der Waals surface area contributed by atoms with Gasteiger partial charge in [-0.15, -0.1) is 0 Å². The molecule has 2 rings (SSSR count). The van der Waals surface area contributed by atoms with Gasteiger partial charge in [-0.2, -0.15) is 0 Å². The zero-order valence-corrected chi connectivity index (χ0v) is 13.9. The average molecular weight is 342 g/mol. The molecule has 7 heteroatoms. The van der Waals surface area contributed by atoms with E-state index in [4.69, 9.17) is 4.74 Å². The number of aryl methyl sites for hydroxylation is 1. The summed E-state index contributed by atoms with van der Waals surface area (Å²) in [6.45, 7) is 3.82. The van der Waals surface area contributed by atoms with Gasteiger partial charge in [-0.25, -0.2) is 4.79 Å². The number of nitro benzene ring substituents is 1. The summed E-state index contributed by atoms with van der Waals surface area (Å²) in [5.74, 6) is -0.967. The van der Waals surface area contributed by atoms with Crippen molar-refractivity contribution >= 4 is 23.3 Å². The molecule has 0 spiro atoms. The minimum atomic E-state index is -0.531. The molecule has 0 heterocycles. The zero-order valence-electron chi connectivity index (χ0n) is 13.9. The molecule has 0 aromatic heterocycles. The third-order valence-corrected chi connectivity index (χ3v) is 3.46. The Morgan fingerprint density at radius 1 is 1.16 bits per heavy atom. The molecule has 0 saturated heterocycles. The van der Waals surface area contributed by atoms with Gasteiger partial charge in [-0.05, 0) is 37.6 Å². The number of amides is 1. The number of benzene rings is 2. The molecule has 0 unspecified atom stereocenters. The number of ether oxygens (including phenoxy) is 1. The average Bonchev–Trinajstić information content (AvgIpc) is 2.59. The molecular formula is C18H18N2O5. The highest BCUT2D eigenvalue weighted by molar-refractivity contribution is 6.05. The number of esters is 1. The molecule has 0 fully saturated rings. The first-order chi connectivity index (χ1) is 11.9. The van der Waals surface area contributed by atoms with E-state index >= 15 is 0 Å². The van der Waals surface area contributed by atoms with E-state index in [9.17, 15) is 19.7 Å². The standard InChI is InChI=1S/C18H18N2O5/c1-3-9-25-18(22)14-5-4-6-15(10-14)19-17(21)13-8-7-12(2)16(11-13)20(23)24/h4-8,10-11H,3,9H2,1-2H3,(H,19,21). The number of rotatable bonds is 6. The molecule has 25 heavy (non-hydrogen) atoms. The van der Waals surface area contributed by atoms with E-state index in [1.165, 1.54) is 24.3 Å². The normalized spacial score (nSPS) is 10.2. The smallest absolute Gasteiger partial charge is 0.338 e. The maximum Gasteiger partial charge on any atom is 0.338 e. The molecule has 0 saturated carbocycles.